The molecule has 3 unspecified atom stereocenters. The third-order valence-corrected chi connectivity index (χ3v) is 5.37. The van der Waals surface area contributed by atoms with Crippen molar-refractivity contribution in [2.75, 3.05) is 19.7 Å². The van der Waals surface area contributed by atoms with Gasteiger partial charge in [-0.1, -0.05) is 6.42 Å². The third-order valence-electron chi connectivity index (χ3n) is 5.37. The van der Waals surface area contributed by atoms with Gasteiger partial charge in [0.05, 0.1) is 6.04 Å². The Morgan fingerprint density at radius 1 is 1.21 bits per heavy atom. The summed E-state index contributed by atoms with van der Waals surface area (Å²) in [5.41, 5.74) is 0. The van der Waals surface area contributed by atoms with E-state index in [9.17, 15) is 4.79 Å². The average Bonchev–Trinajstić information content (AvgIpc) is 2.93. The maximum atomic E-state index is 12.8. The summed E-state index contributed by atoms with van der Waals surface area (Å²) in [6, 6.07) is 0.507. The largest absolute Gasteiger partial charge is 0.396 e. The van der Waals surface area contributed by atoms with Gasteiger partial charge in [-0.15, -0.1) is 0 Å². The Bertz CT molecular complexity index is 330. The van der Waals surface area contributed by atoms with E-state index < -0.39 is 0 Å². The van der Waals surface area contributed by atoms with Crippen LogP contribution < -0.4 is 5.32 Å². The highest BCUT2D eigenvalue weighted by atomic mass is 16.3. The zero-order chi connectivity index (χ0) is 13.2. The van der Waals surface area contributed by atoms with Crippen LogP contribution in [0.2, 0.25) is 0 Å². The van der Waals surface area contributed by atoms with Crippen LogP contribution in [0.3, 0.4) is 0 Å². The number of fused-ring (bicyclic) bond motifs is 1. The quantitative estimate of drug-likeness (QED) is 0.784. The maximum Gasteiger partial charge on any atom is 0.240 e. The van der Waals surface area contributed by atoms with E-state index in [-0.39, 0.29) is 12.6 Å². The fourth-order valence-corrected chi connectivity index (χ4v) is 4.05. The number of carbonyl (C=O) groups is 1. The number of rotatable bonds is 5. The summed E-state index contributed by atoms with van der Waals surface area (Å²) in [6.07, 6.45) is 8.06. The second-order valence-electron chi connectivity index (χ2n) is 6.43. The van der Waals surface area contributed by atoms with E-state index in [2.05, 4.69) is 10.2 Å². The van der Waals surface area contributed by atoms with Crippen molar-refractivity contribution >= 4 is 5.91 Å². The zero-order valence-corrected chi connectivity index (χ0v) is 11.7. The molecule has 0 bridgehead atoms. The molecule has 2 N–H and O–H groups in total. The van der Waals surface area contributed by atoms with Crippen LogP contribution in [0, 0.1) is 11.8 Å². The average molecular weight is 266 g/mol. The molecule has 0 aromatic rings. The van der Waals surface area contributed by atoms with Crippen molar-refractivity contribution in [2.24, 2.45) is 11.8 Å². The molecule has 3 rings (SSSR count). The molecule has 4 nitrogen and oxygen atoms in total. The van der Waals surface area contributed by atoms with Crippen LogP contribution in [0.25, 0.3) is 0 Å². The first-order valence-electron chi connectivity index (χ1n) is 7.96. The Kier molecular flexibility index (Phi) is 4.08. The van der Waals surface area contributed by atoms with Gasteiger partial charge in [-0.05, 0) is 56.9 Å². The second kappa shape index (κ2) is 5.80. The first kappa shape index (κ1) is 13.4. The lowest BCUT2D eigenvalue weighted by Gasteiger charge is -2.39. The monoisotopic (exact) mass is 266 g/mol. The number of hydrogen-bond donors (Lipinski definition) is 2. The van der Waals surface area contributed by atoms with Crippen LogP contribution in [0.1, 0.15) is 44.9 Å². The molecule has 3 fully saturated rings. The summed E-state index contributed by atoms with van der Waals surface area (Å²) < 4.78 is 0. The Morgan fingerprint density at radius 2 is 2.00 bits per heavy atom. The summed E-state index contributed by atoms with van der Waals surface area (Å²) in [7, 11) is 0. The van der Waals surface area contributed by atoms with Gasteiger partial charge in [-0.2, -0.15) is 0 Å². The van der Waals surface area contributed by atoms with Crippen molar-refractivity contribution in [2.45, 2.75) is 57.0 Å². The Balaban J connectivity index is 1.65. The van der Waals surface area contributed by atoms with Gasteiger partial charge < -0.3 is 15.3 Å². The van der Waals surface area contributed by atoms with Crippen molar-refractivity contribution in [1.82, 2.24) is 10.2 Å². The highest BCUT2D eigenvalue weighted by Gasteiger charge is 2.45. The maximum absolute atomic E-state index is 12.8. The number of amides is 1. The fourth-order valence-electron chi connectivity index (χ4n) is 4.05. The van der Waals surface area contributed by atoms with Gasteiger partial charge in [0.2, 0.25) is 5.91 Å². The van der Waals surface area contributed by atoms with E-state index in [4.69, 9.17) is 5.11 Å². The van der Waals surface area contributed by atoms with Crippen molar-refractivity contribution < 1.29 is 9.90 Å². The first-order valence-corrected chi connectivity index (χ1v) is 7.96. The van der Waals surface area contributed by atoms with Gasteiger partial charge in [-0.25, -0.2) is 0 Å². The van der Waals surface area contributed by atoms with E-state index in [1.807, 2.05) is 0 Å². The molecule has 4 heteroatoms. The summed E-state index contributed by atoms with van der Waals surface area (Å²) in [5, 5.41) is 12.5. The number of aliphatic hydroxyl groups excluding tert-OH is 1. The van der Waals surface area contributed by atoms with Crippen LogP contribution in [0.4, 0.5) is 0 Å². The molecule has 0 spiro atoms. The van der Waals surface area contributed by atoms with Crippen LogP contribution in [-0.2, 0) is 4.79 Å². The number of aliphatic hydroxyl groups is 1. The third kappa shape index (κ3) is 2.52. The first-order chi connectivity index (χ1) is 9.31. The topological polar surface area (TPSA) is 52.6 Å². The van der Waals surface area contributed by atoms with E-state index in [0.29, 0.717) is 24.3 Å². The van der Waals surface area contributed by atoms with Gasteiger partial charge in [0, 0.05) is 19.2 Å². The van der Waals surface area contributed by atoms with Crippen LogP contribution in [-0.4, -0.2) is 47.7 Å². The second-order valence-corrected chi connectivity index (χ2v) is 6.43. The number of nitrogens with zero attached hydrogens (tertiary/aromatic N) is 1. The minimum absolute atomic E-state index is 0.0618. The number of carbonyl (C=O) groups excluding carboxylic acids is 1. The van der Waals surface area contributed by atoms with Crippen LogP contribution in [0.5, 0.6) is 0 Å². The van der Waals surface area contributed by atoms with Gasteiger partial charge >= 0.3 is 0 Å². The van der Waals surface area contributed by atoms with Crippen molar-refractivity contribution in [3.8, 4) is 0 Å². The molecule has 1 heterocycles. The minimum atomic E-state index is 0.0618. The van der Waals surface area contributed by atoms with E-state index >= 15 is 0 Å². The van der Waals surface area contributed by atoms with Gasteiger partial charge in [-0.3, -0.25) is 4.79 Å². The van der Waals surface area contributed by atoms with E-state index in [0.717, 1.165) is 31.8 Å². The summed E-state index contributed by atoms with van der Waals surface area (Å²) in [5.74, 6) is 1.62. The molecule has 19 heavy (non-hydrogen) atoms. The summed E-state index contributed by atoms with van der Waals surface area (Å²) >= 11 is 0. The molecule has 3 aliphatic rings. The molecular formula is C15H26N2O2. The van der Waals surface area contributed by atoms with Crippen LogP contribution in [0.15, 0.2) is 0 Å². The molecule has 1 saturated heterocycles. The molecule has 2 saturated carbocycles. The zero-order valence-electron chi connectivity index (χ0n) is 11.7. The molecule has 0 aromatic carbocycles. The summed E-state index contributed by atoms with van der Waals surface area (Å²) in [6.45, 7) is 1.94. The van der Waals surface area contributed by atoms with Gasteiger partial charge in [0.25, 0.3) is 0 Å². The normalized spacial score (nSPS) is 34.1. The molecule has 108 valence electrons. The Hall–Kier alpha value is -0.610. The lowest BCUT2D eigenvalue weighted by Crippen LogP contribution is -2.52. The SMILES string of the molecule is O=C(C1NCC2CCCC21)N(CCCO)C1CCC1. The molecule has 0 radical (unpaired) electrons. The Labute approximate surface area is 115 Å². The molecule has 0 aromatic heterocycles. The van der Waals surface area contributed by atoms with Gasteiger partial charge in [0.15, 0.2) is 0 Å². The lowest BCUT2D eigenvalue weighted by molar-refractivity contribution is -0.138. The molecule has 2 aliphatic carbocycles. The predicted octanol–water partition coefficient (Wildman–Crippen LogP) is 1.14. The number of hydrogen-bond acceptors (Lipinski definition) is 3. The van der Waals surface area contributed by atoms with Crippen molar-refractivity contribution in [3.05, 3.63) is 0 Å². The van der Waals surface area contributed by atoms with Crippen molar-refractivity contribution in [3.63, 3.8) is 0 Å². The molecule has 1 amide bonds. The smallest absolute Gasteiger partial charge is 0.240 e. The van der Waals surface area contributed by atoms with Crippen molar-refractivity contribution in [1.29, 1.82) is 0 Å². The molecule has 3 atom stereocenters. The highest BCUT2D eigenvalue weighted by Crippen LogP contribution is 2.39. The van der Waals surface area contributed by atoms with Crippen LogP contribution >= 0.6 is 0 Å². The van der Waals surface area contributed by atoms with E-state index in [1.165, 1.54) is 25.7 Å². The Morgan fingerprint density at radius 3 is 2.68 bits per heavy atom. The minimum Gasteiger partial charge on any atom is -0.396 e. The highest BCUT2D eigenvalue weighted by molar-refractivity contribution is 5.83. The summed E-state index contributed by atoms with van der Waals surface area (Å²) in [4.78, 5) is 14.9. The fraction of sp³-hybridized carbons (Fsp3) is 0.933. The molecule has 1 aliphatic heterocycles. The standard InChI is InChI=1S/C15H26N2O2/c18-9-3-8-17(12-5-2-6-12)15(19)14-13-7-1-4-11(13)10-16-14/h11-14,16,18H,1-10H2. The predicted molar refractivity (Wildman–Crippen MR) is 73.7 cm³/mol. The van der Waals surface area contributed by atoms with Gasteiger partial charge in [0.1, 0.15) is 0 Å². The van der Waals surface area contributed by atoms with E-state index in [1.54, 1.807) is 0 Å². The lowest BCUT2D eigenvalue weighted by atomic mass is 9.88. The number of nitrogens with one attached hydrogen (secondary N) is 1. The molecular weight excluding hydrogens is 240 g/mol.